The number of benzene rings is 1. The summed E-state index contributed by atoms with van der Waals surface area (Å²) in [5.41, 5.74) is 5.48. The first-order chi connectivity index (χ1) is 15.1. The van der Waals surface area contributed by atoms with Gasteiger partial charge < -0.3 is 20.5 Å². The number of carbonyl (C=O) groups is 2. The lowest BCUT2D eigenvalue weighted by atomic mass is 9.48. The van der Waals surface area contributed by atoms with Crippen LogP contribution < -0.4 is 5.73 Å². The molecule has 4 bridgehead atoms. The first kappa shape index (κ1) is 21.7. The number of hydrogen-bond acceptors (Lipinski definition) is 4. The van der Waals surface area contributed by atoms with Gasteiger partial charge in [0.15, 0.2) is 0 Å². The lowest BCUT2D eigenvalue weighted by Crippen LogP contribution is -2.59. The molecule has 4 unspecified atom stereocenters. The van der Waals surface area contributed by atoms with Crippen molar-refractivity contribution >= 4 is 12.0 Å². The van der Waals surface area contributed by atoms with Gasteiger partial charge in [-0.3, -0.25) is 4.79 Å². The summed E-state index contributed by atoms with van der Waals surface area (Å²) in [6, 6.07) is 10.2. The van der Waals surface area contributed by atoms with Crippen molar-refractivity contribution in [3.8, 4) is 0 Å². The average Bonchev–Trinajstić information content (AvgIpc) is 3.14. The van der Waals surface area contributed by atoms with Crippen molar-refractivity contribution in [1.82, 2.24) is 4.90 Å². The number of nitrogens with zero attached hydrogens (tertiary/aromatic N) is 1. The van der Waals surface area contributed by atoms with E-state index in [-0.39, 0.29) is 40.8 Å². The van der Waals surface area contributed by atoms with Crippen molar-refractivity contribution < 1.29 is 19.4 Å². The van der Waals surface area contributed by atoms with Crippen LogP contribution in [-0.2, 0) is 14.9 Å². The summed E-state index contributed by atoms with van der Waals surface area (Å²) in [7, 11) is 0. The van der Waals surface area contributed by atoms with E-state index < -0.39 is 5.60 Å². The predicted octanol–water partition coefficient (Wildman–Crippen LogP) is 3.61. The zero-order chi connectivity index (χ0) is 22.7. The van der Waals surface area contributed by atoms with Crippen LogP contribution in [0.2, 0.25) is 0 Å². The first-order valence-corrected chi connectivity index (χ1v) is 12.1. The van der Waals surface area contributed by atoms with Crippen LogP contribution >= 0.6 is 0 Å². The Morgan fingerprint density at radius 3 is 2.41 bits per heavy atom. The standard InChI is InChI=1S/C26H36N2O4/c1-24(2,31)15-25(20-6-4-3-5-7-20)8-9-28(16-25)23(30)32-21-18-10-17-11-19(21)14-26(12-17,13-18)22(27)29/h3-7,17-19,21,31H,8-16H2,1-2H3,(H2,27,29)/t17?,18-,19+,21?,25?,26?. The fourth-order valence-corrected chi connectivity index (χ4v) is 7.79. The summed E-state index contributed by atoms with van der Waals surface area (Å²) in [4.78, 5) is 27.3. The van der Waals surface area contributed by atoms with Crippen LogP contribution in [0.15, 0.2) is 30.3 Å². The predicted molar refractivity (Wildman–Crippen MR) is 121 cm³/mol. The van der Waals surface area contributed by atoms with Crippen LogP contribution in [0, 0.1) is 23.2 Å². The van der Waals surface area contributed by atoms with Crippen LogP contribution in [0.1, 0.15) is 64.4 Å². The molecule has 6 atom stereocenters. The third-order valence-electron chi connectivity index (χ3n) is 8.72. The number of rotatable bonds is 5. The highest BCUT2D eigenvalue weighted by Crippen LogP contribution is 2.60. The quantitative estimate of drug-likeness (QED) is 0.732. The van der Waals surface area contributed by atoms with Gasteiger partial charge in [-0.05, 0) is 82.1 Å². The van der Waals surface area contributed by atoms with E-state index in [4.69, 9.17) is 10.5 Å². The van der Waals surface area contributed by atoms with E-state index in [1.165, 1.54) is 0 Å². The van der Waals surface area contributed by atoms with Gasteiger partial charge in [-0.15, -0.1) is 0 Å². The fraction of sp³-hybridized carbons (Fsp3) is 0.692. The SMILES string of the molecule is CC(C)(O)CC1(c2ccccc2)CCN(C(=O)OC2[C@@H]3CC4C[C@H]2CC(C(N)=O)(C4)C3)C1. The molecule has 6 rings (SSSR count). The van der Waals surface area contributed by atoms with Crippen LogP contribution in [0.25, 0.3) is 0 Å². The molecule has 174 valence electrons. The van der Waals surface area contributed by atoms with Gasteiger partial charge in [0.1, 0.15) is 6.10 Å². The summed E-state index contributed by atoms with van der Waals surface area (Å²) in [5.74, 6) is 0.867. The van der Waals surface area contributed by atoms with E-state index in [1.54, 1.807) is 0 Å². The maximum atomic E-state index is 13.3. The first-order valence-electron chi connectivity index (χ1n) is 12.1. The monoisotopic (exact) mass is 440 g/mol. The highest BCUT2D eigenvalue weighted by atomic mass is 16.6. The van der Waals surface area contributed by atoms with Crippen molar-refractivity contribution in [2.24, 2.45) is 28.9 Å². The van der Waals surface area contributed by atoms with E-state index in [2.05, 4.69) is 12.1 Å². The van der Waals surface area contributed by atoms with Crippen molar-refractivity contribution in [2.45, 2.75) is 75.9 Å². The van der Waals surface area contributed by atoms with E-state index in [0.717, 1.165) is 44.1 Å². The zero-order valence-corrected chi connectivity index (χ0v) is 19.3. The molecule has 1 aromatic carbocycles. The Bertz CT molecular complexity index is 879. The lowest BCUT2D eigenvalue weighted by Gasteiger charge is -2.58. The summed E-state index contributed by atoms with van der Waals surface area (Å²) in [6.07, 6.45) is 5.56. The second-order valence-corrected chi connectivity index (χ2v) is 11.8. The van der Waals surface area contributed by atoms with Crippen molar-refractivity contribution in [3.63, 3.8) is 0 Å². The molecule has 0 spiro atoms. The van der Waals surface area contributed by atoms with E-state index >= 15 is 0 Å². The van der Waals surface area contributed by atoms with Gasteiger partial charge in [-0.2, -0.15) is 0 Å². The molecule has 1 heterocycles. The fourth-order valence-electron chi connectivity index (χ4n) is 7.79. The van der Waals surface area contributed by atoms with Gasteiger partial charge in [0.05, 0.1) is 11.0 Å². The van der Waals surface area contributed by atoms with Gasteiger partial charge in [0, 0.05) is 18.5 Å². The second-order valence-electron chi connectivity index (χ2n) is 11.8. The number of amides is 2. The molecule has 5 fully saturated rings. The lowest BCUT2D eigenvalue weighted by molar-refractivity contribution is -0.161. The molecule has 1 saturated heterocycles. The Morgan fingerprint density at radius 1 is 1.16 bits per heavy atom. The van der Waals surface area contributed by atoms with E-state index in [1.807, 2.05) is 36.9 Å². The van der Waals surface area contributed by atoms with Gasteiger partial charge in [0.2, 0.25) is 5.91 Å². The number of primary amides is 1. The van der Waals surface area contributed by atoms with Crippen molar-refractivity contribution in [2.75, 3.05) is 13.1 Å². The Kier molecular flexibility index (Phi) is 5.08. The third-order valence-corrected chi connectivity index (χ3v) is 8.72. The maximum absolute atomic E-state index is 13.3. The topological polar surface area (TPSA) is 92.9 Å². The molecule has 4 saturated carbocycles. The Balaban J connectivity index is 1.30. The molecule has 1 aliphatic heterocycles. The van der Waals surface area contributed by atoms with Crippen LogP contribution in [0.3, 0.4) is 0 Å². The number of carbonyl (C=O) groups excluding carboxylic acids is 2. The molecule has 6 heteroatoms. The number of likely N-dealkylation sites (tertiary alicyclic amines) is 1. The number of ether oxygens (including phenoxy) is 1. The van der Waals surface area contributed by atoms with E-state index in [0.29, 0.717) is 25.4 Å². The highest BCUT2D eigenvalue weighted by Gasteiger charge is 2.59. The summed E-state index contributed by atoms with van der Waals surface area (Å²) in [5, 5.41) is 10.6. The van der Waals surface area contributed by atoms with Gasteiger partial charge >= 0.3 is 6.09 Å². The summed E-state index contributed by atoms with van der Waals surface area (Å²) < 4.78 is 6.17. The molecule has 5 aliphatic rings. The Labute approximate surface area is 190 Å². The highest BCUT2D eigenvalue weighted by molar-refractivity contribution is 5.81. The molecule has 1 aromatic rings. The average molecular weight is 441 g/mol. The summed E-state index contributed by atoms with van der Waals surface area (Å²) >= 11 is 0. The van der Waals surface area contributed by atoms with Crippen molar-refractivity contribution in [3.05, 3.63) is 35.9 Å². The smallest absolute Gasteiger partial charge is 0.410 e. The third kappa shape index (κ3) is 3.70. The molecule has 4 aliphatic carbocycles. The molecule has 2 amide bonds. The molecule has 6 nitrogen and oxygen atoms in total. The molecule has 0 aromatic heterocycles. The van der Waals surface area contributed by atoms with E-state index in [9.17, 15) is 14.7 Å². The number of nitrogens with two attached hydrogens (primary N) is 1. The largest absolute Gasteiger partial charge is 0.446 e. The second kappa shape index (κ2) is 7.47. The molecular formula is C26H36N2O4. The Hall–Kier alpha value is -2.08. The van der Waals surface area contributed by atoms with Crippen LogP contribution in [-0.4, -0.2) is 46.8 Å². The minimum absolute atomic E-state index is 0.104. The van der Waals surface area contributed by atoms with Gasteiger partial charge in [0.25, 0.3) is 0 Å². The normalized spacial score (nSPS) is 38.2. The van der Waals surface area contributed by atoms with Crippen LogP contribution in [0.5, 0.6) is 0 Å². The zero-order valence-electron chi connectivity index (χ0n) is 19.3. The molecular weight excluding hydrogens is 404 g/mol. The molecule has 3 N–H and O–H groups in total. The molecule has 32 heavy (non-hydrogen) atoms. The van der Waals surface area contributed by atoms with Crippen LogP contribution in [0.4, 0.5) is 4.79 Å². The van der Waals surface area contributed by atoms with Gasteiger partial charge in [-0.25, -0.2) is 4.79 Å². The number of hydrogen-bond donors (Lipinski definition) is 2. The number of aliphatic hydroxyl groups is 1. The minimum atomic E-state index is -0.833. The molecule has 0 radical (unpaired) electrons. The Morgan fingerprint density at radius 2 is 1.81 bits per heavy atom. The maximum Gasteiger partial charge on any atom is 0.410 e. The summed E-state index contributed by atoms with van der Waals surface area (Å²) in [6.45, 7) is 4.85. The minimum Gasteiger partial charge on any atom is -0.446 e. The van der Waals surface area contributed by atoms with Crippen molar-refractivity contribution in [1.29, 1.82) is 0 Å². The van der Waals surface area contributed by atoms with Gasteiger partial charge in [-0.1, -0.05) is 30.3 Å².